The molecule has 0 aliphatic heterocycles. The zero-order valence-corrected chi connectivity index (χ0v) is 25.2. The number of benzene rings is 8. The molecule has 2 heterocycles. The van der Waals surface area contributed by atoms with Crippen molar-refractivity contribution in [1.29, 1.82) is 0 Å². The van der Waals surface area contributed by atoms with Gasteiger partial charge in [-0.3, -0.25) is 0 Å². The zero-order chi connectivity index (χ0) is 30.9. The molecule has 0 atom stereocenters. The largest absolute Gasteiger partial charge is 0.455 e. The molecule has 0 amide bonds. The molecule has 0 spiro atoms. The highest BCUT2D eigenvalue weighted by molar-refractivity contribution is 6.30. The van der Waals surface area contributed by atoms with Gasteiger partial charge in [0.2, 0.25) is 0 Å². The predicted molar refractivity (Wildman–Crippen MR) is 193 cm³/mol. The standard InChI is InChI=1S/C43H25N3O/c1-2-12-27(13-3-1)41-44-42(46-43(45-41)35-19-10-18-30-29-14-5-4-11-26(29)21-23-32(30)35)28-22-24-33-31-15-6-7-16-34(31)40-39(37(33)25-28)36-17-8-9-20-38(36)47-40/h1-25H. The summed E-state index contributed by atoms with van der Waals surface area (Å²) >= 11 is 0. The lowest BCUT2D eigenvalue weighted by atomic mass is 9.95. The second kappa shape index (κ2) is 10.1. The number of aromatic nitrogens is 3. The molecule has 4 heteroatoms. The molecule has 0 unspecified atom stereocenters. The van der Waals surface area contributed by atoms with Crippen LogP contribution in [-0.2, 0) is 0 Å². The molecule has 0 saturated carbocycles. The van der Waals surface area contributed by atoms with Crippen molar-refractivity contribution in [1.82, 2.24) is 15.0 Å². The minimum Gasteiger partial charge on any atom is -0.455 e. The number of nitrogens with zero attached hydrogens (tertiary/aromatic N) is 3. The molecule has 10 rings (SSSR count). The number of hydrogen-bond acceptors (Lipinski definition) is 4. The fourth-order valence-electron chi connectivity index (χ4n) is 7.12. The molecule has 218 valence electrons. The maximum absolute atomic E-state index is 6.50. The summed E-state index contributed by atoms with van der Waals surface area (Å²) in [5.41, 5.74) is 4.62. The van der Waals surface area contributed by atoms with Gasteiger partial charge < -0.3 is 4.42 Å². The van der Waals surface area contributed by atoms with E-state index in [1.807, 2.05) is 42.5 Å². The Morgan fingerprint density at radius 3 is 1.85 bits per heavy atom. The molecule has 2 aromatic heterocycles. The fraction of sp³-hybridized carbons (Fsp3) is 0. The Morgan fingerprint density at radius 1 is 0.362 bits per heavy atom. The van der Waals surface area contributed by atoms with E-state index in [0.29, 0.717) is 17.5 Å². The molecule has 0 aliphatic carbocycles. The number of rotatable bonds is 3. The molecule has 0 bridgehead atoms. The van der Waals surface area contributed by atoms with Crippen LogP contribution in [0.15, 0.2) is 156 Å². The summed E-state index contributed by atoms with van der Waals surface area (Å²) in [6.45, 7) is 0. The highest BCUT2D eigenvalue weighted by Gasteiger charge is 2.19. The van der Waals surface area contributed by atoms with Crippen molar-refractivity contribution in [2.45, 2.75) is 0 Å². The number of furan rings is 1. The van der Waals surface area contributed by atoms with E-state index in [0.717, 1.165) is 60.2 Å². The highest BCUT2D eigenvalue weighted by Crippen LogP contribution is 2.42. The summed E-state index contributed by atoms with van der Waals surface area (Å²) in [6, 6.07) is 52.7. The highest BCUT2D eigenvalue weighted by atomic mass is 16.3. The van der Waals surface area contributed by atoms with Crippen LogP contribution >= 0.6 is 0 Å². The second-order valence-electron chi connectivity index (χ2n) is 12.0. The third kappa shape index (κ3) is 3.98. The van der Waals surface area contributed by atoms with Crippen LogP contribution in [-0.4, -0.2) is 15.0 Å². The van der Waals surface area contributed by atoms with Crippen molar-refractivity contribution in [2.75, 3.05) is 0 Å². The SMILES string of the molecule is c1ccc(-c2nc(-c3ccc4c5ccccc5c5oc6ccccc6c5c4c3)nc(-c3cccc4c3ccc3ccccc34)n2)cc1. The van der Waals surface area contributed by atoms with E-state index < -0.39 is 0 Å². The summed E-state index contributed by atoms with van der Waals surface area (Å²) in [7, 11) is 0. The van der Waals surface area contributed by atoms with Crippen molar-refractivity contribution in [2.24, 2.45) is 0 Å². The van der Waals surface area contributed by atoms with Crippen LogP contribution in [0.25, 0.3) is 99.2 Å². The Kier molecular flexibility index (Phi) is 5.54. The average Bonchev–Trinajstić information content (AvgIpc) is 3.55. The Labute approximate surface area is 269 Å². The van der Waals surface area contributed by atoms with Crippen molar-refractivity contribution in [3.05, 3.63) is 152 Å². The van der Waals surface area contributed by atoms with E-state index >= 15 is 0 Å². The smallest absolute Gasteiger partial charge is 0.164 e. The molecule has 47 heavy (non-hydrogen) atoms. The number of hydrogen-bond donors (Lipinski definition) is 0. The second-order valence-corrected chi connectivity index (χ2v) is 12.0. The Morgan fingerprint density at radius 2 is 0.979 bits per heavy atom. The molecule has 0 saturated heterocycles. The molecular formula is C43H25N3O. The van der Waals surface area contributed by atoms with Gasteiger partial charge in [-0.2, -0.15) is 0 Å². The molecule has 0 N–H and O–H groups in total. The van der Waals surface area contributed by atoms with Gasteiger partial charge in [0.1, 0.15) is 11.2 Å². The van der Waals surface area contributed by atoms with Gasteiger partial charge in [0, 0.05) is 32.8 Å². The van der Waals surface area contributed by atoms with Gasteiger partial charge in [-0.15, -0.1) is 0 Å². The Balaban J connectivity index is 1.26. The van der Waals surface area contributed by atoms with Gasteiger partial charge in [0.05, 0.1) is 0 Å². The third-order valence-corrected chi connectivity index (χ3v) is 9.30. The van der Waals surface area contributed by atoms with Gasteiger partial charge in [-0.25, -0.2) is 15.0 Å². The van der Waals surface area contributed by atoms with Crippen molar-refractivity contribution >= 4 is 65.0 Å². The lowest BCUT2D eigenvalue weighted by Crippen LogP contribution is -2.00. The van der Waals surface area contributed by atoms with Crippen LogP contribution in [0, 0.1) is 0 Å². The van der Waals surface area contributed by atoms with E-state index in [-0.39, 0.29) is 0 Å². The quantitative estimate of drug-likeness (QED) is 0.190. The summed E-state index contributed by atoms with van der Waals surface area (Å²) in [5.74, 6) is 1.91. The monoisotopic (exact) mass is 599 g/mol. The van der Waals surface area contributed by atoms with Crippen molar-refractivity contribution < 1.29 is 4.42 Å². The van der Waals surface area contributed by atoms with E-state index in [1.54, 1.807) is 0 Å². The van der Waals surface area contributed by atoms with E-state index in [1.165, 1.54) is 21.5 Å². The summed E-state index contributed by atoms with van der Waals surface area (Å²) in [6.07, 6.45) is 0. The first-order chi connectivity index (χ1) is 23.3. The summed E-state index contributed by atoms with van der Waals surface area (Å²) in [5, 5.41) is 11.5. The first kappa shape index (κ1) is 25.9. The molecule has 10 aromatic rings. The maximum Gasteiger partial charge on any atom is 0.164 e. The summed E-state index contributed by atoms with van der Waals surface area (Å²) < 4.78 is 6.50. The molecule has 0 aliphatic rings. The predicted octanol–water partition coefficient (Wildman–Crippen LogP) is 11.4. The van der Waals surface area contributed by atoms with Gasteiger partial charge in [0.25, 0.3) is 0 Å². The van der Waals surface area contributed by atoms with E-state index in [2.05, 4.69) is 109 Å². The molecule has 8 aromatic carbocycles. The molecule has 4 nitrogen and oxygen atoms in total. The fourth-order valence-corrected chi connectivity index (χ4v) is 7.12. The van der Waals surface area contributed by atoms with E-state index in [4.69, 9.17) is 19.4 Å². The first-order valence-electron chi connectivity index (χ1n) is 15.8. The maximum atomic E-state index is 6.50. The molecule has 0 fully saturated rings. The Bertz CT molecular complexity index is 2850. The minimum absolute atomic E-state index is 0.627. The van der Waals surface area contributed by atoms with E-state index in [9.17, 15) is 0 Å². The first-order valence-corrected chi connectivity index (χ1v) is 15.8. The number of para-hydroxylation sites is 1. The van der Waals surface area contributed by atoms with Crippen LogP contribution in [0.2, 0.25) is 0 Å². The lowest BCUT2D eigenvalue weighted by Gasteiger charge is -2.12. The topological polar surface area (TPSA) is 51.8 Å². The number of fused-ring (bicyclic) bond motifs is 11. The van der Waals surface area contributed by atoms with Crippen LogP contribution in [0.1, 0.15) is 0 Å². The van der Waals surface area contributed by atoms with Crippen molar-refractivity contribution in [3.63, 3.8) is 0 Å². The van der Waals surface area contributed by atoms with Crippen LogP contribution in [0.4, 0.5) is 0 Å². The van der Waals surface area contributed by atoms with Gasteiger partial charge in [-0.05, 0) is 49.8 Å². The average molecular weight is 600 g/mol. The van der Waals surface area contributed by atoms with Gasteiger partial charge in [-0.1, -0.05) is 140 Å². The van der Waals surface area contributed by atoms with Crippen LogP contribution in [0.3, 0.4) is 0 Å². The van der Waals surface area contributed by atoms with Gasteiger partial charge in [0.15, 0.2) is 17.5 Å². The Hall–Kier alpha value is -6.39. The van der Waals surface area contributed by atoms with Gasteiger partial charge >= 0.3 is 0 Å². The molecule has 0 radical (unpaired) electrons. The van der Waals surface area contributed by atoms with Crippen LogP contribution in [0.5, 0.6) is 0 Å². The van der Waals surface area contributed by atoms with Crippen LogP contribution < -0.4 is 0 Å². The minimum atomic E-state index is 0.627. The lowest BCUT2D eigenvalue weighted by molar-refractivity contribution is 0.673. The normalized spacial score (nSPS) is 11.8. The zero-order valence-electron chi connectivity index (χ0n) is 25.2. The molecular weight excluding hydrogens is 574 g/mol. The third-order valence-electron chi connectivity index (χ3n) is 9.30. The van der Waals surface area contributed by atoms with Crippen molar-refractivity contribution in [3.8, 4) is 34.2 Å². The summed E-state index contributed by atoms with van der Waals surface area (Å²) in [4.78, 5) is 15.3.